The van der Waals surface area contributed by atoms with Gasteiger partial charge in [-0.1, -0.05) is 12.0 Å². The molecule has 2 rings (SSSR count). The monoisotopic (exact) mass is 283 g/mol. The molecule has 0 spiro atoms. The van der Waals surface area contributed by atoms with Crippen LogP contribution >= 0.6 is 0 Å². The Morgan fingerprint density at radius 2 is 2.35 bits per heavy atom. The van der Waals surface area contributed by atoms with Gasteiger partial charge in [0.25, 0.3) is 5.56 Å². The third-order valence-corrected chi connectivity index (χ3v) is 3.30. The quantitative estimate of drug-likeness (QED) is 0.371. The van der Waals surface area contributed by atoms with Crippen molar-refractivity contribution in [3.8, 4) is 0 Å². The van der Waals surface area contributed by atoms with Crippen LogP contribution in [0, 0.1) is 5.92 Å². The summed E-state index contributed by atoms with van der Waals surface area (Å²) in [5.41, 5.74) is 5.37. The van der Waals surface area contributed by atoms with Crippen LogP contribution in [-0.2, 0) is 4.74 Å². The van der Waals surface area contributed by atoms with Gasteiger partial charge in [0.15, 0.2) is 5.72 Å². The number of aromatic amines is 1. The molecule has 0 bridgehead atoms. The van der Waals surface area contributed by atoms with Crippen molar-refractivity contribution in [2.75, 3.05) is 6.61 Å². The van der Waals surface area contributed by atoms with E-state index in [9.17, 15) is 19.8 Å². The van der Waals surface area contributed by atoms with Gasteiger partial charge in [-0.25, -0.2) is 4.79 Å². The minimum Gasteiger partial charge on any atom is -0.393 e. The van der Waals surface area contributed by atoms with Gasteiger partial charge in [0, 0.05) is 23.1 Å². The zero-order valence-corrected chi connectivity index (χ0v) is 10.5. The third-order valence-electron chi connectivity index (χ3n) is 3.30. The SMILES string of the molecule is C[C@H]1[C@H](n2ccc(=O)[nH]c2=O)O[C@@](CO)(N=[N+]=[N-])[C@H]1O. The van der Waals surface area contributed by atoms with Gasteiger partial charge in [0.05, 0.1) is 12.7 Å². The Bertz CT molecular complexity index is 662. The van der Waals surface area contributed by atoms with Gasteiger partial charge < -0.3 is 14.9 Å². The first-order valence-electron chi connectivity index (χ1n) is 5.79. The molecule has 1 saturated heterocycles. The molecule has 20 heavy (non-hydrogen) atoms. The maximum absolute atomic E-state index is 11.7. The first-order valence-corrected chi connectivity index (χ1v) is 5.79. The van der Waals surface area contributed by atoms with Crippen molar-refractivity contribution >= 4 is 0 Å². The predicted molar refractivity (Wildman–Crippen MR) is 65.6 cm³/mol. The van der Waals surface area contributed by atoms with Gasteiger partial charge in [0.1, 0.15) is 6.23 Å². The van der Waals surface area contributed by atoms with Crippen LogP contribution in [0.4, 0.5) is 0 Å². The van der Waals surface area contributed by atoms with Crippen molar-refractivity contribution in [3.05, 3.63) is 43.5 Å². The molecule has 10 heteroatoms. The molecule has 1 aromatic rings. The van der Waals surface area contributed by atoms with Crippen LogP contribution in [0.15, 0.2) is 27.0 Å². The Hall–Kier alpha value is -2.13. The van der Waals surface area contributed by atoms with E-state index in [1.54, 1.807) is 6.92 Å². The van der Waals surface area contributed by atoms with Crippen molar-refractivity contribution in [2.24, 2.45) is 11.0 Å². The maximum Gasteiger partial charge on any atom is 0.330 e. The van der Waals surface area contributed by atoms with E-state index in [2.05, 4.69) is 15.0 Å². The lowest BCUT2D eigenvalue weighted by atomic mass is 9.98. The van der Waals surface area contributed by atoms with Crippen LogP contribution in [0.25, 0.3) is 10.4 Å². The summed E-state index contributed by atoms with van der Waals surface area (Å²) in [4.78, 5) is 27.3. The van der Waals surface area contributed by atoms with Crippen LogP contribution < -0.4 is 11.2 Å². The van der Waals surface area contributed by atoms with E-state index in [4.69, 9.17) is 10.3 Å². The second kappa shape index (κ2) is 5.10. The zero-order valence-electron chi connectivity index (χ0n) is 10.5. The van der Waals surface area contributed by atoms with Crippen LogP contribution in [0.1, 0.15) is 13.2 Å². The number of azide groups is 1. The lowest BCUT2D eigenvalue weighted by Gasteiger charge is -2.24. The van der Waals surface area contributed by atoms with Crippen LogP contribution in [0.3, 0.4) is 0 Å². The van der Waals surface area contributed by atoms with Crippen molar-refractivity contribution in [3.63, 3.8) is 0 Å². The summed E-state index contributed by atoms with van der Waals surface area (Å²) >= 11 is 0. The van der Waals surface area contributed by atoms with Gasteiger partial charge in [-0.05, 0) is 5.53 Å². The normalized spacial score (nSPS) is 32.9. The van der Waals surface area contributed by atoms with Crippen molar-refractivity contribution in [1.29, 1.82) is 0 Å². The van der Waals surface area contributed by atoms with Crippen molar-refractivity contribution < 1.29 is 14.9 Å². The predicted octanol–water partition coefficient (Wildman–Crippen LogP) is -0.939. The summed E-state index contributed by atoms with van der Waals surface area (Å²) in [7, 11) is 0. The molecule has 108 valence electrons. The molecule has 1 aliphatic heterocycles. The number of nitrogens with one attached hydrogen (secondary N) is 1. The molecular formula is C10H13N5O5. The number of hydrogen-bond acceptors (Lipinski definition) is 6. The van der Waals surface area contributed by atoms with E-state index in [1.165, 1.54) is 6.20 Å². The summed E-state index contributed by atoms with van der Waals surface area (Å²) in [5, 5.41) is 22.7. The molecule has 0 saturated carbocycles. The minimum absolute atomic E-state index is 0.569. The number of aliphatic hydroxyl groups excluding tert-OH is 2. The highest BCUT2D eigenvalue weighted by molar-refractivity contribution is 4.99. The highest BCUT2D eigenvalue weighted by Gasteiger charge is 2.53. The van der Waals surface area contributed by atoms with Gasteiger partial charge in [0.2, 0.25) is 0 Å². The molecule has 0 aromatic carbocycles. The molecule has 1 aliphatic rings. The molecule has 2 heterocycles. The Kier molecular flexibility index (Phi) is 3.64. The highest BCUT2D eigenvalue weighted by atomic mass is 16.6. The molecule has 0 radical (unpaired) electrons. The van der Waals surface area contributed by atoms with Gasteiger partial charge >= 0.3 is 5.69 Å². The summed E-state index contributed by atoms with van der Waals surface area (Å²) in [6, 6.07) is 1.12. The fraction of sp³-hybridized carbons (Fsp3) is 0.600. The van der Waals surface area contributed by atoms with Crippen molar-refractivity contribution in [2.45, 2.75) is 25.0 Å². The number of hydrogen-bond donors (Lipinski definition) is 3. The fourth-order valence-electron chi connectivity index (χ4n) is 2.21. The van der Waals surface area contributed by atoms with E-state index >= 15 is 0 Å². The number of nitrogens with zero attached hydrogens (tertiary/aromatic N) is 4. The standard InChI is InChI=1S/C10H13N5O5/c1-5-7(18)10(4-16,13-14-11)20-8(5)15-3-2-6(17)12-9(15)19/h2-3,5,7-8,16,18H,4H2,1H3,(H,12,17,19)/t5-,7+,8-,10-/m1/s1. The van der Waals surface area contributed by atoms with Crippen LogP contribution in [0.2, 0.25) is 0 Å². The van der Waals surface area contributed by atoms with E-state index in [0.717, 1.165) is 10.6 Å². The minimum atomic E-state index is -1.85. The number of rotatable bonds is 3. The molecule has 0 aliphatic carbocycles. The number of aromatic nitrogens is 2. The lowest BCUT2D eigenvalue weighted by Crippen LogP contribution is -2.42. The Morgan fingerprint density at radius 3 is 2.90 bits per heavy atom. The van der Waals surface area contributed by atoms with Crippen molar-refractivity contribution in [1.82, 2.24) is 9.55 Å². The topological polar surface area (TPSA) is 153 Å². The average Bonchev–Trinajstić information content (AvgIpc) is 2.65. The lowest BCUT2D eigenvalue weighted by molar-refractivity contribution is -0.124. The average molecular weight is 283 g/mol. The molecule has 4 atom stereocenters. The number of H-pyrrole nitrogens is 1. The largest absolute Gasteiger partial charge is 0.393 e. The van der Waals surface area contributed by atoms with Gasteiger partial charge in [-0.3, -0.25) is 14.3 Å². The van der Waals surface area contributed by atoms with Gasteiger partial charge in [-0.2, -0.15) is 0 Å². The first-order chi connectivity index (χ1) is 9.45. The molecule has 1 aromatic heterocycles. The smallest absolute Gasteiger partial charge is 0.330 e. The molecular weight excluding hydrogens is 270 g/mol. The molecule has 0 unspecified atom stereocenters. The number of ether oxygens (including phenoxy) is 1. The van der Waals surface area contributed by atoms with E-state index in [-0.39, 0.29) is 0 Å². The second-order valence-electron chi connectivity index (χ2n) is 4.52. The molecule has 10 nitrogen and oxygen atoms in total. The van der Waals surface area contributed by atoms with E-state index < -0.39 is 41.8 Å². The summed E-state index contributed by atoms with van der Waals surface area (Å²) < 4.78 is 6.45. The molecule has 3 N–H and O–H groups in total. The Morgan fingerprint density at radius 1 is 1.65 bits per heavy atom. The molecule has 0 amide bonds. The van der Waals surface area contributed by atoms with E-state index in [0.29, 0.717) is 0 Å². The summed E-state index contributed by atoms with van der Waals surface area (Å²) in [6.07, 6.45) is -1.07. The first kappa shape index (κ1) is 14.3. The second-order valence-corrected chi connectivity index (χ2v) is 4.52. The highest BCUT2D eigenvalue weighted by Crippen LogP contribution is 2.41. The number of aliphatic hydroxyl groups is 2. The van der Waals surface area contributed by atoms with Gasteiger partial charge in [-0.15, -0.1) is 0 Å². The van der Waals surface area contributed by atoms with E-state index in [1.807, 2.05) is 0 Å². The molecule has 1 fully saturated rings. The third kappa shape index (κ3) is 2.10. The Balaban J connectivity index is 2.47. The zero-order chi connectivity index (χ0) is 14.9. The van der Waals surface area contributed by atoms with Crippen LogP contribution in [0.5, 0.6) is 0 Å². The Labute approximate surface area is 111 Å². The maximum atomic E-state index is 11.7. The fourth-order valence-corrected chi connectivity index (χ4v) is 2.21. The van der Waals surface area contributed by atoms with Crippen LogP contribution in [-0.4, -0.2) is 38.2 Å². The summed E-state index contributed by atoms with van der Waals surface area (Å²) in [5.74, 6) is -0.642. The summed E-state index contributed by atoms with van der Waals surface area (Å²) in [6.45, 7) is 0.828.